The molecule has 1 fully saturated rings. The summed E-state index contributed by atoms with van der Waals surface area (Å²) >= 11 is 0. The largest absolute Gasteiger partial charge is 0.497 e. The summed E-state index contributed by atoms with van der Waals surface area (Å²) in [6.45, 7) is 2.53. The molecule has 1 aliphatic rings. The second-order valence-corrected chi connectivity index (χ2v) is 6.82. The number of benzene rings is 1. The van der Waals surface area contributed by atoms with Crippen molar-refractivity contribution in [1.82, 2.24) is 9.88 Å². The molecule has 0 spiro atoms. The van der Waals surface area contributed by atoms with Crippen molar-refractivity contribution in [3.05, 3.63) is 42.1 Å². The van der Waals surface area contributed by atoms with Gasteiger partial charge in [0.25, 0.3) is 0 Å². The van der Waals surface area contributed by atoms with E-state index in [-0.39, 0.29) is 12.5 Å². The first-order valence-electron chi connectivity index (χ1n) is 9.32. The van der Waals surface area contributed by atoms with E-state index in [1.807, 2.05) is 9.80 Å². The molecule has 10 heteroatoms. The molecule has 7 nitrogen and oxygen atoms in total. The van der Waals surface area contributed by atoms with Gasteiger partial charge in [0.1, 0.15) is 17.3 Å². The number of alkyl halides is 3. The van der Waals surface area contributed by atoms with Crippen molar-refractivity contribution >= 4 is 17.4 Å². The number of aromatic nitrogens is 1. The van der Waals surface area contributed by atoms with Gasteiger partial charge in [-0.1, -0.05) is 0 Å². The fourth-order valence-electron chi connectivity index (χ4n) is 3.16. The molecule has 1 N–H and O–H groups in total. The Morgan fingerprint density at radius 2 is 1.70 bits per heavy atom. The molecule has 0 atom stereocenters. The van der Waals surface area contributed by atoms with Gasteiger partial charge in [0, 0.05) is 56.3 Å². The highest BCUT2D eigenvalue weighted by molar-refractivity contribution is 5.92. The molecular weight excluding hydrogens is 401 g/mol. The Hall–Kier alpha value is -3.01. The minimum absolute atomic E-state index is 0.175. The lowest BCUT2D eigenvalue weighted by Crippen LogP contribution is -2.48. The highest BCUT2D eigenvalue weighted by Crippen LogP contribution is 2.29. The van der Waals surface area contributed by atoms with Gasteiger partial charge in [0.05, 0.1) is 26.3 Å². The molecular formula is C20H23F3N4O3. The molecule has 2 heterocycles. The van der Waals surface area contributed by atoms with Crippen molar-refractivity contribution in [1.29, 1.82) is 0 Å². The molecule has 30 heavy (non-hydrogen) atoms. The van der Waals surface area contributed by atoms with Gasteiger partial charge in [-0.15, -0.1) is 0 Å². The molecule has 162 valence electrons. The SMILES string of the molecule is COc1cc(NC(=O)CN2CCN(c3ccc(C(F)(F)F)cn3)CC2)cc(OC)c1. The van der Waals surface area contributed by atoms with Crippen LogP contribution in [0.5, 0.6) is 11.5 Å². The van der Waals surface area contributed by atoms with Crippen molar-refractivity contribution in [3.63, 3.8) is 0 Å². The molecule has 0 aliphatic carbocycles. The molecule has 0 bridgehead atoms. The standard InChI is InChI=1S/C20H23F3N4O3/c1-29-16-9-15(10-17(11-16)30-2)25-19(28)13-26-5-7-27(8-6-26)18-4-3-14(12-24-18)20(21,22)23/h3-4,9-12H,5-8,13H2,1-2H3,(H,25,28). The van der Waals surface area contributed by atoms with E-state index in [4.69, 9.17) is 9.47 Å². The van der Waals surface area contributed by atoms with Gasteiger partial charge in [0.15, 0.2) is 0 Å². The van der Waals surface area contributed by atoms with Gasteiger partial charge in [-0.2, -0.15) is 13.2 Å². The maximum atomic E-state index is 12.7. The van der Waals surface area contributed by atoms with Crippen LogP contribution >= 0.6 is 0 Å². The maximum Gasteiger partial charge on any atom is 0.417 e. The van der Waals surface area contributed by atoms with E-state index in [2.05, 4.69) is 10.3 Å². The minimum Gasteiger partial charge on any atom is -0.497 e. The second-order valence-electron chi connectivity index (χ2n) is 6.82. The first-order valence-corrected chi connectivity index (χ1v) is 9.32. The first-order chi connectivity index (χ1) is 14.3. The third kappa shape index (κ3) is 5.53. The first kappa shape index (κ1) is 21.7. The number of carbonyl (C=O) groups excluding carboxylic acids is 1. The smallest absolute Gasteiger partial charge is 0.417 e. The summed E-state index contributed by atoms with van der Waals surface area (Å²) in [5.41, 5.74) is -0.195. The summed E-state index contributed by atoms with van der Waals surface area (Å²) in [5.74, 6) is 1.46. The van der Waals surface area contributed by atoms with Crippen LogP contribution in [0.2, 0.25) is 0 Å². The highest BCUT2D eigenvalue weighted by Gasteiger charge is 2.31. The van der Waals surface area contributed by atoms with E-state index in [1.54, 1.807) is 18.2 Å². The number of hydrogen-bond acceptors (Lipinski definition) is 6. The average Bonchev–Trinajstić information content (AvgIpc) is 2.73. The Morgan fingerprint density at radius 3 is 2.20 bits per heavy atom. The van der Waals surface area contributed by atoms with Gasteiger partial charge in [0.2, 0.25) is 5.91 Å². The Kier molecular flexibility index (Phi) is 6.66. The number of carbonyl (C=O) groups is 1. The molecule has 1 aromatic carbocycles. The predicted molar refractivity (Wildman–Crippen MR) is 106 cm³/mol. The van der Waals surface area contributed by atoms with Crippen molar-refractivity contribution < 1.29 is 27.4 Å². The van der Waals surface area contributed by atoms with Crippen molar-refractivity contribution in [2.24, 2.45) is 0 Å². The molecule has 3 rings (SSSR count). The normalized spacial score (nSPS) is 15.0. The Labute approximate surface area is 172 Å². The van der Waals surface area contributed by atoms with Crippen LogP contribution in [-0.2, 0) is 11.0 Å². The van der Waals surface area contributed by atoms with Gasteiger partial charge < -0.3 is 19.7 Å². The highest BCUT2D eigenvalue weighted by atomic mass is 19.4. The number of piperazine rings is 1. The lowest BCUT2D eigenvalue weighted by Gasteiger charge is -2.35. The Bertz CT molecular complexity index is 844. The Balaban J connectivity index is 1.51. The third-order valence-corrected chi connectivity index (χ3v) is 4.77. The number of nitrogens with zero attached hydrogens (tertiary/aromatic N) is 3. The van der Waals surface area contributed by atoms with Crippen molar-refractivity contribution in [3.8, 4) is 11.5 Å². The number of halogens is 3. The van der Waals surface area contributed by atoms with Crippen molar-refractivity contribution in [2.45, 2.75) is 6.18 Å². The molecule has 0 saturated carbocycles. The lowest BCUT2D eigenvalue weighted by molar-refractivity contribution is -0.137. The minimum atomic E-state index is -4.40. The van der Waals surface area contributed by atoms with Gasteiger partial charge in [-0.3, -0.25) is 9.69 Å². The zero-order valence-corrected chi connectivity index (χ0v) is 16.7. The number of amides is 1. The fraction of sp³-hybridized carbons (Fsp3) is 0.400. The third-order valence-electron chi connectivity index (χ3n) is 4.77. The summed E-state index contributed by atoms with van der Waals surface area (Å²) in [4.78, 5) is 20.2. The number of anilines is 2. The van der Waals surface area contributed by atoms with Gasteiger partial charge in [-0.25, -0.2) is 4.98 Å². The van der Waals surface area contributed by atoms with E-state index >= 15 is 0 Å². The van der Waals surface area contributed by atoms with Gasteiger partial charge >= 0.3 is 6.18 Å². The summed E-state index contributed by atoms with van der Waals surface area (Å²) < 4.78 is 48.4. The van der Waals surface area contributed by atoms with Crippen LogP contribution in [0.1, 0.15) is 5.56 Å². The number of pyridine rings is 1. The summed E-state index contributed by atoms with van der Waals surface area (Å²) in [6.07, 6.45) is -3.55. The molecule has 0 unspecified atom stereocenters. The molecule has 1 aromatic heterocycles. The van der Waals surface area contributed by atoms with E-state index < -0.39 is 11.7 Å². The summed E-state index contributed by atoms with van der Waals surface area (Å²) in [5, 5.41) is 2.83. The summed E-state index contributed by atoms with van der Waals surface area (Å²) in [6, 6.07) is 7.53. The fourth-order valence-corrected chi connectivity index (χ4v) is 3.16. The van der Waals surface area contributed by atoms with Crippen LogP contribution in [0.4, 0.5) is 24.7 Å². The monoisotopic (exact) mass is 424 g/mol. The zero-order valence-electron chi connectivity index (χ0n) is 16.7. The van der Waals surface area contributed by atoms with E-state index in [1.165, 1.54) is 20.3 Å². The number of rotatable bonds is 6. The average molecular weight is 424 g/mol. The number of methoxy groups -OCH3 is 2. The van der Waals surface area contributed by atoms with Crippen LogP contribution in [0, 0.1) is 0 Å². The van der Waals surface area contributed by atoms with Crippen LogP contribution < -0.4 is 19.7 Å². The Morgan fingerprint density at radius 1 is 1.07 bits per heavy atom. The summed E-state index contributed by atoms with van der Waals surface area (Å²) in [7, 11) is 3.07. The van der Waals surface area contributed by atoms with E-state index in [0.29, 0.717) is 49.2 Å². The lowest BCUT2D eigenvalue weighted by atomic mass is 10.2. The topological polar surface area (TPSA) is 66.9 Å². The van der Waals surface area contributed by atoms with Crippen LogP contribution in [0.15, 0.2) is 36.5 Å². The number of ether oxygens (including phenoxy) is 2. The second kappa shape index (κ2) is 9.21. The van der Waals surface area contributed by atoms with Crippen LogP contribution in [0.3, 0.4) is 0 Å². The molecule has 1 saturated heterocycles. The van der Waals surface area contributed by atoms with Crippen LogP contribution in [-0.4, -0.2) is 62.7 Å². The maximum absolute atomic E-state index is 12.7. The van der Waals surface area contributed by atoms with Crippen molar-refractivity contribution in [2.75, 3.05) is 57.2 Å². The molecule has 1 amide bonds. The van der Waals surface area contributed by atoms with Gasteiger partial charge in [-0.05, 0) is 12.1 Å². The number of hydrogen-bond donors (Lipinski definition) is 1. The quantitative estimate of drug-likeness (QED) is 0.769. The van der Waals surface area contributed by atoms with E-state index in [0.717, 1.165) is 12.3 Å². The molecule has 1 aliphatic heterocycles. The molecule has 2 aromatic rings. The van der Waals surface area contributed by atoms with Crippen LogP contribution in [0.25, 0.3) is 0 Å². The molecule has 0 radical (unpaired) electrons. The van der Waals surface area contributed by atoms with E-state index in [9.17, 15) is 18.0 Å². The number of nitrogens with one attached hydrogen (secondary N) is 1. The predicted octanol–water partition coefficient (Wildman–Crippen LogP) is 2.88. The zero-order chi connectivity index (χ0) is 21.7.